The number of aliphatic hydroxyl groups is 2. The first kappa shape index (κ1) is 10.3. The lowest BCUT2D eigenvalue weighted by molar-refractivity contribution is 0.220. The van der Waals surface area contributed by atoms with Crippen LogP contribution in [0.2, 0.25) is 0 Å². The molecule has 1 aromatic heterocycles. The van der Waals surface area contributed by atoms with Crippen LogP contribution < -0.4 is 0 Å². The van der Waals surface area contributed by atoms with E-state index in [1.807, 2.05) is 47.0 Å². The number of para-hydroxylation sites is 1. The van der Waals surface area contributed by atoms with Gasteiger partial charge in [-0.15, -0.1) is 0 Å². The van der Waals surface area contributed by atoms with E-state index in [9.17, 15) is 10.2 Å². The van der Waals surface area contributed by atoms with Crippen molar-refractivity contribution in [2.45, 2.75) is 13.3 Å². The summed E-state index contributed by atoms with van der Waals surface area (Å²) in [6.45, 7) is -0.0460. The molecule has 0 spiro atoms. The third-order valence-corrected chi connectivity index (χ3v) is 3.20. The average Bonchev–Trinajstić information content (AvgIpc) is 2.72. The van der Waals surface area contributed by atoms with E-state index in [1.165, 1.54) is 0 Å². The van der Waals surface area contributed by atoms with Crippen LogP contribution >= 0.6 is 0 Å². The highest BCUT2D eigenvalue weighted by Gasteiger charge is 2.11. The van der Waals surface area contributed by atoms with Crippen molar-refractivity contribution in [1.82, 2.24) is 4.57 Å². The SMILES string of the molecule is OCc1cccc2c1c1ccccc1n2CO. The van der Waals surface area contributed by atoms with Gasteiger partial charge in [-0.2, -0.15) is 0 Å². The predicted molar refractivity (Wildman–Crippen MR) is 67.6 cm³/mol. The smallest absolute Gasteiger partial charge is 0.120 e. The summed E-state index contributed by atoms with van der Waals surface area (Å²) >= 11 is 0. The summed E-state index contributed by atoms with van der Waals surface area (Å²) in [6.07, 6.45) is 0. The Balaban J connectivity index is 2.59. The highest BCUT2D eigenvalue weighted by Crippen LogP contribution is 2.31. The number of nitrogens with zero attached hydrogens (tertiary/aromatic N) is 1. The van der Waals surface area contributed by atoms with Crippen LogP contribution in [-0.4, -0.2) is 14.8 Å². The molecule has 0 amide bonds. The van der Waals surface area contributed by atoms with Crippen LogP contribution in [0.3, 0.4) is 0 Å². The first-order valence-electron chi connectivity index (χ1n) is 5.57. The third-order valence-electron chi connectivity index (χ3n) is 3.20. The molecule has 3 rings (SSSR count). The van der Waals surface area contributed by atoms with E-state index in [-0.39, 0.29) is 13.3 Å². The van der Waals surface area contributed by atoms with Gasteiger partial charge in [-0.3, -0.25) is 0 Å². The number of rotatable bonds is 2. The quantitative estimate of drug-likeness (QED) is 0.705. The molecule has 0 atom stereocenters. The van der Waals surface area contributed by atoms with Gasteiger partial charge in [0.05, 0.1) is 17.6 Å². The Morgan fingerprint density at radius 1 is 0.882 bits per heavy atom. The van der Waals surface area contributed by atoms with Crippen LogP contribution in [0.25, 0.3) is 21.8 Å². The maximum Gasteiger partial charge on any atom is 0.120 e. The fourth-order valence-corrected chi connectivity index (χ4v) is 2.46. The summed E-state index contributed by atoms with van der Waals surface area (Å²) in [5.41, 5.74) is 2.84. The summed E-state index contributed by atoms with van der Waals surface area (Å²) in [7, 11) is 0. The molecule has 3 aromatic rings. The molecular weight excluding hydrogens is 214 g/mol. The predicted octanol–water partition coefficient (Wildman–Crippen LogP) is 2.24. The molecular formula is C14H13NO2. The maximum absolute atomic E-state index is 9.49. The van der Waals surface area contributed by atoms with Gasteiger partial charge in [0, 0.05) is 10.8 Å². The monoisotopic (exact) mass is 227 g/mol. The Morgan fingerprint density at radius 2 is 1.65 bits per heavy atom. The van der Waals surface area contributed by atoms with Gasteiger partial charge in [0.1, 0.15) is 6.73 Å². The number of aromatic nitrogens is 1. The molecule has 0 fully saturated rings. The number of benzene rings is 2. The Labute approximate surface area is 98.5 Å². The molecule has 3 heteroatoms. The molecule has 0 saturated heterocycles. The highest BCUT2D eigenvalue weighted by molar-refractivity contribution is 6.09. The second-order valence-electron chi connectivity index (χ2n) is 4.06. The Kier molecular flexibility index (Phi) is 2.35. The molecule has 86 valence electrons. The second-order valence-corrected chi connectivity index (χ2v) is 4.06. The zero-order chi connectivity index (χ0) is 11.8. The van der Waals surface area contributed by atoms with Crippen molar-refractivity contribution in [2.24, 2.45) is 0 Å². The van der Waals surface area contributed by atoms with Gasteiger partial charge in [-0.05, 0) is 17.7 Å². The van der Waals surface area contributed by atoms with Crippen molar-refractivity contribution in [2.75, 3.05) is 0 Å². The zero-order valence-corrected chi connectivity index (χ0v) is 9.30. The molecule has 2 N–H and O–H groups in total. The molecule has 0 aliphatic carbocycles. The van der Waals surface area contributed by atoms with Gasteiger partial charge < -0.3 is 14.8 Å². The van der Waals surface area contributed by atoms with E-state index < -0.39 is 0 Å². The van der Waals surface area contributed by atoms with Crippen LogP contribution in [0.5, 0.6) is 0 Å². The molecule has 0 saturated carbocycles. The molecule has 0 radical (unpaired) electrons. The zero-order valence-electron chi connectivity index (χ0n) is 9.30. The van der Waals surface area contributed by atoms with E-state index in [0.717, 1.165) is 27.4 Å². The maximum atomic E-state index is 9.49. The van der Waals surface area contributed by atoms with Crippen molar-refractivity contribution in [3.63, 3.8) is 0 Å². The van der Waals surface area contributed by atoms with Crippen LogP contribution in [0.4, 0.5) is 0 Å². The lowest BCUT2D eigenvalue weighted by Gasteiger charge is -2.02. The topological polar surface area (TPSA) is 45.4 Å². The summed E-state index contributed by atoms with van der Waals surface area (Å²) in [5.74, 6) is 0. The van der Waals surface area contributed by atoms with Crippen LogP contribution in [0.1, 0.15) is 5.56 Å². The van der Waals surface area contributed by atoms with Crippen molar-refractivity contribution in [1.29, 1.82) is 0 Å². The molecule has 3 nitrogen and oxygen atoms in total. The first-order valence-corrected chi connectivity index (χ1v) is 5.57. The van der Waals surface area contributed by atoms with Gasteiger partial charge in [0.25, 0.3) is 0 Å². The van der Waals surface area contributed by atoms with Crippen molar-refractivity contribution >= 4 is 21.8 Å². The molecule has 2 aromatic carbocycles. The minimum atomic E-state index is -0.0567. The molecule has 0 unspecified atom stereocenters. The minimum absolute atomic E-state index is 0.0107. The average molecular weight is 227 g/mol. The largest absolute Gasteiger partial charge is 0.392 e. The molecule has 17 heavy (non-hydrogen) atoms. The number of hydrogen-bond acceptors (Lipinski definition) is 2. The fourth-order valence-electron chi connectivity index (χ4n) is 2.46. The van der Waals surface area contributed by atoms with E-state index in [1.54, 1.807) is 0 Å². The van der Waals surface area contributed by atoms with Gasteiger partial charge in [0.15, 0.2) is 0 Å². The standard InChI is InChI=1S/C14H13NO2/c16-8-10-4-3-7-13-14(10)11-5-1-2-6-12(11)15(13)9-17/h1-7,16-17H,8-9H2. The lowest BCUT2D eigenvalue weighted by atomic mass is 10.1. The van der Waals surface area contributed by atoms with Gasteiger partial charge >= 0.3 is 0 Å². The van der Waals surface area contributed by atoms with E-state index >= 15 is 0 Å². The molecule has 0 bridgehead atoms. The van der Waals surface area contributed by atoms with E-state index in [0.29, 0.717) is 0 Å². The Hall–Kier alpha value is -1.84. The van der Waals surface area contributed by atoms with Crippen LogP contribution in [0.15, 0.2) is 42.5 Å². The summed E-state index contributed by atoms with van der Waals surface area (Å²) < 4.78 is 1.85. The molecule has 0 aliphatic heterocycles. The number of aliphatic hydroxyl groups excluding tert-OH is 2. The fraction of sp³-hybridized carbons (Fsp3) is 0.143. The lowest BCUT2D eigenvalue weighted by Crippen LogP contribution is -1.95. The van der Waals surface area contributed by atoms with Crippen molar-refractivity contribution in [3.8, 4) is 0 Å². The second kappa shape index (κ2) is 3.87. The summed E-state index contributed by atoms with van der Waals surface area (Å²) in [6, 6.07) is 13.7. The number of fused-ring (bicyclic) bond motifs is 3. The minimum Gasteiger partial charge on any atom is -0.392 e. The van der Waals surface area contributed by atoms with Gasteiger partial charge in [-0.25, -0.2) is 0 Å². The van der Waals surface area contributed by atoms with Crippen molar-refractivity contribution in [3.05, 3.63) is 48.0 Å². The van der Waals surface area contributed by atoms with Crippen molar-refractivity contribution < 1.29 is 10.2 Å². The highest BCUT2D eigenvalue weighted by atomic mass is 16.3. The van der Waals surface area contributed by atoms with Crippen LogP contribution in [0, 0.1) is 0 Å². The molecule has 1 heterocycles. The summed E-state index contributed by atoms with van der Waals surface area (Å²) in [4.78, 5) is 0. The van der Waals surface area contributed by atoms with Crippen LogP contribution in [-0.2, 0) is 13.3 Å². The Morgan fingerprint density at radius 3 is 2.41 bits per heavy atom. The van der Waals surface area contributed by atoms with Gasteiger partial charge in [-0.1, -0.05) is 30.3 Å². The Bertz CT molecular complexity index is 685. The van der Waals surface area contributed by atoms with Gasteiger partial charge in [0.2, 0.25) is 0 Å². The normalized spacial score (nSPS) is 11.4. The van der Waals surface area contributed by atoms with E-state index in [4.69, 9.17) is 0 Å². The first-order chi connectivity index (χ1) is 8.36. The summed E-state index contributed by atoms with van der Waals surface area (Å²) in [5, 5.41) is 21.0. The third kappa shape index (κ3) is 1.37. The number of hydrogen-bond donors (Lipinski definition) is 2. The van der Waals surface area contributed by atoms with E-state index in [2.05, 4.69) is 0 Å². The molecule has 0 aliphatic rings.